The molecule has 21 heavy (non-hydrogen) atoms. The molecule has 6 heteroatoms. The van der Waals surface area contributed by atoms with Crippen molar-refractivity contribution in [3.63, 3.8) is 0 Å². The molecule has 1 N–H and O–H groups in total. The van der Waals surface area contributed by atoms with E-state index in [1.54, 1.807) is 31.2 Å². The van der Waals surface area contributed by atoms with Gasteiger partial charge >= 0.3 is 0 Å². The number of phenolic OH excluding ortho intramolecular Hbond substituents is 1. The third kappa shape index (κ3) is 2.67. The summed E-state index contributed by atoms with van der Waals surface area (Å²) in [6.45, 7) is 1.68. The summed E-state index contributed by atoms with van der Waals surface area (Å²) in [6, 6.07) is 9.61. The molecule has 3 rings (SSSR count). The van der Waals surface area contributed by atoms with Gasteiger partial charge in [-0.25, -0.2) is 4.39 Å². The van der Waals surface area contributed by atoms with Crippen molar-refractivity contribution in [2.45, 2.75) is 6.92 Å². The Bertz CT molecular complexity index is 817. The van der Waals surface area contributed by atoms with Crippen LogP contribution in [-0.4, -0.2) is 15.2 Å². The minimum Gasteiger partial charge on any atom is -0.507 e. The smallest absolute Gasteiger partial charge is 0.262 e. The first kappa shape index (κ1) is 13.8. The van der Waals surface area contributed by atoms with Crippen LogP contribution in [0.4, 0.5) is 4.39 Å². The molecule has 0 unspecified atom stereocenters. The minimum atomic E-state index is -0.329. The zero-order valence-corrected chi connectivity index (χ0v) is 12.6. The topological polar surface area (TPSA) is 59.2 Å². The van der Waals surface area contributed by atoms with Gasteiger partial charge in [0.25, 0.3) is 5.89 Å². The van der Waals surface area contributed by atoms with Crippen molar-refractivity contribution < 1.29 is 14.0 Å². The molecule has 4 nitrogen and oxygen atoms in total. The van der Waals surface area contributed by atoms with Crippen molar-refractivity contribution in [1.82, 2.24) is 10.1 Å². The lowest BCUT2D eigenvalue weighted by atomic mass is 10.1. The summed E-state index contributed by atoms with van der Waals surface area (Å²) in [5.41, 5.74) is 1.48. The summed E-state index contributed by atoms with van der Waals surface area (Å²) in [5.74, 6) is 0.140. The fraction of sp³-hybridized carbons (Fsp3) is 0.0667. The lowest BCUT2D eigenvalue weighted by molar-refractivity contribution is 0.425. The molecular weight excluding hydrogens is 339 g/mol. The molecule has 1 heterocycles. The van der Waals surface area contributed by atoms with Gasteiger partial charge in [-0.15, -0.1) is 0 Å². The molecule has 0 saturated heterocycles. The van der Waals surface area contributed by atoms with Gasteiger partial charge in [0.1, 0.15) is 11.6 Å². The predicted octanol–water partition coefficient (Wildman–Crippen LogP) is 4.32. The summed E-state index contributed by atoms with van der Waals surface area (Å²) in [5, 5.41) is 13.7. The van der Waals surface area contributed by atoms with Crippen LogP contribution < -0.4 is 0 Å². The normalized spacial score (nSPS) is 10.8. The number of hydrogen-bond acceptors (Lipinski definition) is 4. The lowest BCUT2D eigenvalue weighted by Crippen LogP contribution is -1.86. The van der Waals surface area contributed by atoms with E-state index in [0.717, 1.165) is 4.47 Å². The largest absolute Gasteiger partial charge is 0.507 e. The quantitative estimate of drug-likeness (QED) is 0.749. The molecule has 0 atom stereocenters. The number of phenols is 1. The van der Waals surface area contributed by atoms with E-state index in [9.17, 15) is 9.50 Å². The highest BCUT2D eigenvalue weighted by atomic mass is 79.9. The predicted molar refractivity (Wildman–Crippen MR) is 79.2 cm³/mol. The van der Waals surface area contributed by atoms with Crippen LogP contribution in [0.2, 0.25) is 0 Å². The molecule has 2 aromatic carbocycles. The number of aromatic nitrogens is 2. The Morgan fingerprint density at radius 2 is 2.00 bits per heavy atom. The highest BCUT2D eigenvalue weighted by Crippen LogP contribution is 2.32. The van der Waals surface area contributed by atoms with Crippen LogP contribution in [0, 0.1) is 12.7 Å². The molecule has 0 aliphatic heterocycles. The zero-order valence-electron chi connectivity index (χ0n) is 11.0. The Morgan fingerprint density at radius 1 is 1.19 bits per heavy atom. The number of nitrogens with zero attached hydrogens (tertiary/aromatic N) is 2. The number of hydrogen-bond donors (Lipinski definition) is 1. The average molecular weight is 349 g/mol. The van der Waals surface area contributed by atoms with E-state index in [-0.39, 0.29) is 23.3 Å². The van der Waals surface area contributed by atoms with Crippen LogP contribution in [0.3, 0.4) is 0 Å². The van der Waals surface area contributed by atoms with E-state index in [0.29, 0.717) is 16.7 Å². The molecule has 0 aliphatic carbocycles. The Morgan fingerprint density at radius 3 is 2.76 bits per heavy atom. The minimum absolute atomic E-state index is 0.0310. The molecule has 0 bridgehead atoms. The van der Waals surface area contributed by atoms with Crippen LogP contribution in [0.15, 0.2) is 45.4 Å². The molecule has 0 aliphatic rings. The number of halogens is 2. The summed E-state index contributed by atoms with van der Waals surface area (Å²) in [7, 11) is 0. The van der Waals surface area contributed by atoms with Crippen molar-refractivity contribution >= 4 is 15.9 Å². The molecule has 0 fully saturated rings. The average Bonchev–Trinajstić information content (AvgIpc) is 2.94. The SMILES string of the molecule is Cc1ccc(-c2noc(-c3cc(Br)ccc3O)n2)cc1F. The Kier molecular flexibility index (Phi) is 3.47. The number of aromatic hydroxyl groups is 1. The molecule has 0 spiro atoms. The van der Waals surface area contributed by atoms with E-state index < -0.39 is 0 Å². The van der Waals surface area contributed by atoms with Gasteiger partial charge in [0, 0.05) is 10.0 Å². The van der Waals surface area contributed by atoms with Gasteiger partial charge in [-0.05, 0) is 36.8 Å². The zero-order chi connectivity index (χ0) is 15.0. The summed E-state index contributed by atoms with van der Waals surface area (Å²) >= 11 is 3.31. The second-order valence-electron chi connectivity index (χ2n) is 4.55. The summed E-state index contributed by atoms with van der Waals surface area (Å²) in [4.78, 5) is 4.20. The van der Waals surface area contributed by atoms with Crippen LogP contribution in [0.25, 0.3) is 22.8 Å². The Hall–Kier alpha value is -2.21. The first-order valence-corrected chi connectivity index (χ1v) is 6.93. The van der Waals surface area contributed by atoms with E-state index in [4.69, 9.17) is 4.52 Å². The van der Waals surface area contributed by atoms with Gasteiger partial charge in [-0.3, -0.25) is 0 Å². The van der Waals surface area contributed by atoms with Gasteiger partial charge < -0.3 is 9.63 Å². The number of benzene rings is 2. The maximum atomic E-state index is 13.6. The fourth-order valence-corrected chi connectivity index (χ4v) is 2.22. The third-order valence-corrected chi connectivity index (χ3v) is 3.54. The van der Waals surface area contributed by atoms with E-state index in [1.165, 1.54) is 12.1 Å². The number of rotatable bonds is 2. The van der Waals surface area contributed by atoms with Crippen molar-refractivity contribution in [3.05, 3.63) is 52.3 Å². The van der Waals surface area contributed by atoms with Crippen LogP contribution in [-0.2, 0) is 0 Å². The first-order valence-electron chi connectivity index (χ1n) is 6.14. The van der Waals surface area contributed by atoms with Gasteiger partial charge in [0.15, 0.2) is 0 Å². The van der Waals surface area contributed by atoms with Crippen LogP contribution in [0.5, 0.6) is 5.75 Å². The van der Waals surface area contributed by atoms with Gasteiger partial charge in [-0.2, -0.15) is 4.98 Å². The van der Waals surface area contributed by atoms with Crippen LogP contribution >= 0.6 is 15.9 Å². The first-order chi connectivity index (χ1) is 10.0. The second kappa shape index (κ2) is 5.29. The van der Waals surface area contributed by atoms with Crippen molar-refractivity contribution in [3.8, 4) is 28.6 Å². The molecule has 0 radical (unpaired) electrons. The highest BCUT2D eigenvalue weighted by Gasteiger charge is 2.15. The van der Waals surface area contributed by atoms with E-state index in [2.05, 4.69) is 26.1 Å². The molecule has 3 aromatic rings. The van der Waals surface area contributed by atoms with Crippen LogP contribution in [0.1, 0.15) is 5.56 Å². The molecule has 0 saturated carbocycles. The molecular formula is C15H10BrFN2O2. The second-order valence-corrected chi connectivity index (χ2v) is 5.46. The van der Waals surface area contributed by atoms with Gasteiger partial charge in [0.05, 0.1) is 5.56 Å². The standard InChI is InChI=1S/C15H10BrFN2O2/c1-8-2-3-9(6-12(8)17)14-18-15(21-19-14)11-7-10(16)4-5-13(11)20/h2-7,20H,1H3. The Labute approximate surface area is 128 Å². The summed E-state index contributed by atoms with van der Waals surface area (Å²) < 4.78 is 19.5. The molecule has 106 valence electrons. The highest BCUT2D eigenvalue weighted by molar-refractivity contribution is 9.10. The third-order valence-electron chi connectivity index (χ3n) is 3.05. The van der Waals surface area contributed by atoms with Crippen molar-refractivity contribution in [1.29, 1.82) is 0 Å². The van der Waals surface area contributed by atoms with Crippen molar-refractivity contribution in [2.75, 3.05) is 0 Å². The fourth-order valence-electron chi connectivity index (χ4n) is 1.86. The van der Waals surface area contributed by atoms with Gasteiger partial charge in [0.2, 0.25) is 5.82 Å². The van der Waals surface area contributed by atoms with Crippen molar-refractivity contribution in [2.24, 2.45) is 0 Å². The maximum absolute atomic E-state index is 13.6. The summed E-state index contributed by atoms with van der Waals surface area (Å²) in [6.07, 6.45) is 0. The molecule has 0 amide bonds. The lowest BCUT2D eigenvalue weighted by Gasteiger charge is -1.99. The monoisotopic (exact) mass is 348 g/mol. The van der Waals surface area contributed by atoms with E-state index in [1.807, 2.05) is 0 Å². The number of aryl methyl sites for hydroxylation is 1. The molecule has 1 aromatic heterocycles. The van der Waals surface area contributed by atoms with Gasteiger partial charge in [-0.1, -0.05) is 33.2 Å². The Balaban J connectivity index is 2.03. The van der Waals surface area contributed by atoms with E-state index >= 15 is 0 Å². The maximum Gasteiger partial charge on any atom is 0.262 e.